The van der Waals surface area contributed by atoms with Crippen molar-refractivity contribution in [1.82, 2.24) is 10.6 Å². The normalized spacial score (nSPS) is 19.9. The highest BCUT2D eigenvalue weighted by atomic mass is 35.5. The van der Waals surface area contributed by atoms with Crippen molar-refractivity contribution in [3.8, 4) is 0 Å². The van der Waals surface area contributed by atoms with E-state index >= 15 is 0 Å². The lowest BCUT2D eigenvalue weighted by Gasteiger charge is -2.24. The summed E-state index contributed by atoms with van der Waals surface area (Å²) in [6.07, 6.45) is 1.76. The molecule has 0 radical (unpaired) electrons. The Morgan fingerprint density at radius 3 is 2.60 bits per heavy atom. The van der Waals surface area contributed by atoms with Crippen molar-refractivity contribution in [2.24, 2.45) is 5.92 Å². The van der Waals surface area contributed by atoms with Crippen LogP contribution in [0.1, 0.15) is 31.4 Å². The molecule has 1 amide bonds. The van der Waals surface area contributed by atoms with E-state index in [1.54, 1.807) is 6.92 Å². The zero-order valence-electron chi connectivity index (χ0n) is 11.3. The van der Waals surface area contributed by atoms with Crippen molar-refractivity contribution in [1.29, 1.82) is 0 Å². The van der Waals surface area contributed by atoms with Gasteiger partial charge in [-0.3, -0.25) is 4.79 Å². The van der Waals surface area contributed by atoms with Crippen LogP contribution in [0.2, 0.25) is 0 Å². The van der Waals surface area contributed by atoms with Gasteiger partial charge < -0.3 is 10.6 Å². The van der Waals surface area contributed by atoms with Gasteiger partial charge in [0.25, 0.3) is 0 Å². The molecule has 0 aliphatic carbocycles. The summed E-state index contributed by atoms with van der Waals surface area (Å²) in [6, 6.07) is 3.04. The number of hydrogen-bond donors (Lipinski definition) is 2. The van der Waals surface area contributed by atoms with Crippen LogP contribution in [0.5, 0.6) is 0 Å². The summed E-state index contributed by atoms with van der Waals surface area (Å²) in [5.74, 6) is -1.53. The third-order valence-electron chi connectivity index (χ3n) is 3.46. The number of halogens is 3. The molecule has 112 valence electrons. The molecule has 6 heteroatoms. The molecule has 1 unspecified atom stereocenters. The van der Waals surface area contributed by atoms with Crippen LogP contribution in [-0.4, -0.2) is 19.0 Å². The van der Waals surface area contributed by atoms with Crippen molar-refractivity contribution in [3.05, 3.63) is 35.4 Å². The molecule has 1 aliphatic rings. The Morgan fingerprint density at radius 2 is 2.05 bits per heavy atom. The molecule has 0 bridgehead atoms. The van der Waals surface area contributed by atoms with E-state index < -0.39 is 17.7 Å². The maximum Gasteiger partial charge on any atom is 0.224 e. The minimum atomic E-state index is -0.671. The number of nitrogens with one attached hydrogen (secondary N) is 2. The second-order valence-electron chi connectivity index (χ2n) is 4.91. The summed E-state index contributed by atoms with van der Waals surface area (Å²) < 4.78 is 27.2. The summed E-state index contributed by atoms with van der Waals surface area (Å²) in [5.41, 5.74) is -0.0837. The van der Waals surface area contributed by atoms with Crippen LogP contribution < -0.4 is 10.6 Å². The van der Waals surface area contributed by atoms with Gasteiger partial charge in [-0.15, -0.1) is 12.4 Å². The molecule has 0 spiro atoms. The van der Waals surface area contributed by atoms with Gasteiger partial charge in [-0.2, -0.15) is 0 Å². The van der Waals surface area contributed by atoms with E-state index in [9.17, 15) is 13.6 Å². The average molecular weight is 305 g/mol. The van der Waals surface area contributed by atoms with Crippen molar-refractivity contribution >= 4 is 18.3 Å². The van der Waals surface area contributed by atoms with Crippen LogP contribution in [0.3, 0.4) is 0 Å². The van der Waals surface area contributed by atoms with Crippen LogP contribution in [0, 0.1) is 17.6 Å². The van der Waals surface area contributed by atoms with Gasteiger partial charge in [-0.25, -0.2) is 8.78 Å². The van der Waals surface area contributed by atoms with Gasteiger partial charge in [-0.05, 0) is 38.4 Å². The SMILES string of the molecule is CC(NC(=O)[C@@H]1CCCNC1)c1c(F)cccc1F.Cl. The minimum Gasteiger partial charge on any atom is -0.349 e. The zero-order valence-corrected chi connectivity index (χ0v) is 12.1. The predicted molar refractivity (Wildman–Crippen MR) is 75.8 cm³/mol. The smallest absolute Gasteiger partial charge is 0.224 e. The van der Waals surface area contributed by atoms with Gasteiger partial charge in [-0.1, -0.05) is 6.07 Å². The minimum absolute atomic E-state index is 0. The fourth-order valence-corrected chi connectivity index (χ4v) is 2.40. The molecule has 1 aromatic carbocycles. The lowest BCUT2D eigenvalue weighted by atomic mass is 9.97. The Morgan fingerprint density at radius 1 is 1.40 bits per heavy atom. The molecule has 2 rings (SSSR count). The zero-order chi connectivity index (χ0) is 13.8. The number of amides is 1. The monoisotopic (exact) mass is 304 g/mol. The van der Waals surface area contributed by atoms with E-state index in [1.165, 1.54) is 18.2 Å². The van der Waals surface area contributed by atoms with E-state index in [2.05, 4.69) is 10.6 Å². The topological polar surface area (TPSA) is 41.1 Å². The maximum absolute atomic E-state index is 13.6. The maximum atomic E-state index is 13.6. The molecule has 1 saturated heterocycles. The van der Waals surface area contributed by atoms with Crippen LogP contribution in [0.15, 0.2) is 18.2 Å². The molecule has 1 heterocycles. The lowest BCUT2D eigenvalue weighted by Crippen LogP contribution is -2.41. The summed E-state index contributed by atoms with van der Waals surface area (Å²) in [5, 5.41) is 5.83. The molecule has 0 saturated carbocycles. The molecule has 2 atom stereocenters. The van der Waals surface area contributed by atoms with Crippen molar-refractivity contribution in [2.75, 3.05) is 13.1 Å². The van der Waals surface area contributed by atoms with Gasteiger partial charge in [0.05, 0.1) is 12.0 Å². The Bertz CT molecular complexity index is 444. The van der Waals surface area contributed by atoms with E-state index in [1.807, 2.05) is 0 Å². The van der Waals surface area contributed by atoms with Gasteiger partial charge in [0, 0.05) is 12.1 Å². The fraction of sp³-hybridized carbons (Fsp3) is 0.500. The molecule has 2 N–H and O–H groups in total. The number of hydrogen-bond acceptors (Lipinski definition) is 2. The van der Waals surface area contributed by atoms with Crippen LogP contribution in [0.4, 0.5) is 8.78 Å². The van der Waals surface area contributed by atoms with Crippen molar-refractivity contribution < 1.29 is 13.6 Å². The molecular formula is C14H19ClF2N2O. The number of rotatable bonds is 3. The first-order chi connectivity index (χ1) is 9.09. The molecule has 1 fully saturated rings. The predicted octanol–water partition coefficient (Wildman–Crippen LogP) is 2.56. The van der Waals surface area contributed by atoms with Crippen LogP contribution >= 0.6 is 12.4 Å². The van der Waals surface area contributed by atoms with E-state index in [-0.39, 0.29) is 29.8 Å². The molecule has 1 aliphatic heterocycles. The van der Waals surface area contributed by atoms with Gasteiger partial charge in [0.1, 0.15) is 11.6 Å². The summed E-state index contributed by atoms with van der Waals surface area (Å²) in [4.78, 5) is 12.0. The first kappa shape index (κ1) is 16.9. The largest absolute Gasteiger partial charge is 0.349 e. The van der Waals surface area contributed by atoms with E-state index in [0.717, 1.165) is 19.4 Å². The van der Waals surface area contributed by atoms with Crippen molar-refractivity contribution in [2.45, 2.75) is 25.8 Å². The van der Waals surface area contributed by atoms with Gasteiger partial charge >= 0.3 is 0 Å². The summed E-state index contributed by atoms with van der Waals surface area (Å²) >= 11 is 0. The fourth-order valence-electron chi connectivity index (χ4n) is 2.40. The van der Waals surface area contributed by atoms with Crippen molar-refractivity contribution in [3.63, 3.8) is 0 Å². The number of benzene rings is 1. The van der Waals surface area contributed by atoms with Gasteiger partial charge in [0.15, 0.2) is 0 Å². The number of piperidine rings is 1. The van der Waals surface area contributed by atoms with Crippen LogP contribution in [0.25, 0.3) is 0 Å². The Hall–Kier alpha value is -1.20. The highest BCUT2D eigenvalue weighted by molar-refractivity contribution is 5.85. The number of carbonyl (C=O) groups is 1. The second-order valence-corrected chi connectivity index (χ2v) is 4.91. The second kappa shape index (κ2) is 7.55. The third kappa shape index (κ3) is 3.90. The molecule has 0 aromatic heterocycles. The molecule has 1 aromatic rings. The molecule has 3 nitrogen and oxygen atoms in total. The molecular weight excluding hydrogens is 286 g/mol. The highest BCUT2D eigenvalue weighted by Crippen LogP contribution is 2.21. The third-order valence-corrected chi connectivity index (χ3v) is 3.46. The molecule has 20 heavy (non-hydrogen) atoms. The lowest BCUT2D eigenvalue weighted by molar-refractivity contribution is -0.126. The Balaban J connectivity index is 0.00000200. The average Bonchev–Trinajstić information content (AvgIpc) is 2.39. The summed E-state index contributed by atoms with van der Waals surface area (Å²) in [6.45, 7) is 3.13. The summed E-state index contributed by atoms with van der Waals surface area (Å²) in [7, 11) is 0. The Labute approximate surface area is 123 Å². The van der Waals surface area contributed by atoms with Crippen LogP contribution in [-0.2, 0) is 4.79 Å². The first-order valence-electron chi connectivity index (χ1n) is 6.54. The standard InChI is InChI=1S/C14H18F2N2O.ClH/c1-9(13-11(15)5-2-6-12(13)16)18-14(19)10-4-3-7-17-8-10;/h2,5-6,9-10,17H,3-4,7-8H2,1H3,(H,18,19);1H/t9?,10-;/m1./s1. The first-order valence-corrected chi connectivity index (χ1v) is 6.54. The van der Waals surface area contributed by atoms with E-state index in [4.69, 9.17) is 0 Å². The Kier molecular flexibility index (Phi) is 6.36. The van der Waals surface area contributed by atoms with Gasteiger partial charge in [0.2, 0.25) is 5.91 Å². The number of carbonyl (C=O) groups excluding carboxylic acids is 1. The highest BCUT2D eigenvalue weighted by Gasteiger charge is 2.24. The van der Waals surface area contributed by atoms with E-state index in [0.29, 0.717) is 6.54 Å². The quantitative estimate of drug-likeness (QED) is 0.901.